The average Bonchev–Trinajstić information content (AvgIpc) is 2.72. The average molecular weight is 468 g/mol. The van der Waals surface area contributed by atoms with Crippen LogP contribution in [0.25, 0.3) is 0 Å². The molecule has 1 amide bonds. The lowest BCUT2D eigenvalue weighted by molar-refractivity contribution is 0.0933. The number of carbonyl (C=O) groups is 1. The zero-order valence-corrected chi connectivity index (χ0v) is 17.8. The predicted octanol–water partition coefficient (Wildman–Crippen LogP) is 3.28. The van der Waals surface area contributed by atoms with Gasteiger partial charge in [0.1, 0.15) is 5.75 Å². The van der Waals surface area contributed by atoms with Crippen LogP contribution < -0.4 is 10.1 Å². The Bertz CT molecular complexity index is 858. The van der Waals surface area contributed by atoms with Crippen molar-refractivity contribution in [1.82, 2.24) is 15.1 Å². The van der Waals surface area contributed by atoms with Crippen LogP contribution in [0.5, 0.6) is 5.75 Å². The van der Waals surface area contributed by atoms with Gasteiger partial charge in [-0.1, -0.05) is 15.9 Å². The molecule has 8 heteroatoms. The van der Waals surface area contributed by atoms with Gasteiger partial charge in [0.25, 0.3) is 5.91 Å². The Morgan fingerprint density at radius 3 is 2.48 bits per heavy atom. The molecule has 0 spiro atoms. The summed E-state index contributed by atoms with van der Waals surface area (Å²) in [4.78, 5) is 16.7. The fraction of sp³-hybridized carbons (Fsp3) is 0.381. The quantitative estimate of drug-likeness (QED) is 0.678. The van der Waals surface area contributed by atoms with E-state index in [0.717, 1.165) is 55.1 Å². The minimum atomic E-state index is -1.02. The van der Waals surface area contributed by atoms with Crippen LogP contribution in [0.3, 0.4) is 0 Å². The second-order valence-electron chi connectivity index (χ2n) is 6.96. The molecular formula is C21H24BrF2N3O2. The van der Waals surface area contributed by atoms with Crippen LogP contribution in [0.4, 0.5) is 8.78 Å². The second-order valence-corrected chi connectivity index (χ2v) is 7.81. The van der Waals surface area contributed by atoms with E-state index in [1.165, 1.54) is 11.6 Å². The third kappa shape index (κ3) is 5.98. The maximum absolute atomic E-state index is 13.2. The first-order valence-electron chi connectivity index (χ1n) is 9.46. The number of hydrogen-bond donors (Lipinski definition) is 1. The summed E-state index contributed by atoms with van der Waals surface area (Å²) in [6.07, 6.45) is 0. The highest BCUT2D eigenvalue weighted by molar-refractivity contribution is 9.10. The van der Waals surface area contributed by atoms with Gasteiger partial charge < -0.3 is 10.1 Å². The van der Waals surface area contributed by atoms with Gasteiger partial charge in [-0.2, -0.15) is 0 Å². The summed E-state index contributed by atoms with van der Waals surface area (Å²) in [5.41, 5.74) is 1.31. The van der Waals surface area contributed by atoms with E-state index in [4.69, 9.17) is 4.74 Å². The number of benzene rings is 2. The van der Waals surface area contributed by atoms with Gasteiger partial charge in [-0.3, -0.25) is 14.6 Å². The smallest absolute Gasteiger partial charge is 0.251 e. The molecule has 0 radical (unpaired) electrons. The van der Waals surface area contributed by atoms with Crippen molar-refractivity contribution in [3.05, 3.63) is 63.6 Å². The summed E-state index contributed by atoms with van der Waals surface area (Å²) in [6.45, 7) is 5.69. The van der Waals surface area contributed by atoms with E-state index in [2.05, 4.69) is 31.0 Å². The topological polar surface area (TPSA) is 44.8 Å². The molecule has 0 atom stereocenters. The third-order valence-corrected chi connectivity index (χ3v) is 5.78. The van der Waals surface area contributed by atoms with E-state index in [1.807, 2.05) is 18.2 Å². The molecule has 0 saturated carbocycles. The number of hydrogen-bond acceptors (Lipinski definition) is 4. The highest BCUT2D eigenvalue weighted by Crippen LogP contribution is 2.24. The first-order valence-corrected chi connectivity index (χ1v) is 10.3. The van der Waals surface area contributed by atoms with Gasteiger partial charge in [0, 0.05) is 55.8 Å². The summed E-state index contributed by atoms with van der Waals surface area (Å²) < 4.78 is 32.6. The molecule has 1 aliphatic heterocycles. The molecule has 5 nitrogen and oxygen atoms in total. The lowest BCUT2D eigenvalue weighted by Gasteiger charge is -2.34. The van der Waals surface area contributed by atoms with Crippen molar-refractivity contribution in [2.75, 3.05) is 46.4 Å². The highest BCUT2D eigenvalue weighted by Gasteiger charge is 2.18. The van der Waals surface area contributed by atoms with E-state index >= 15 is 0 Å². The largest absolute Gasteiger partial charge is 0.497 e. The first kappa shape index (κ1) is 21.7. The van der Waals surface area contributed by atoms with E-state index in [1.54, 1.807) is 7.11 Å². The minimum absolute atomic E-state index is 0.123. The lowest BCUT2D eigenvalue weighted by Crippen LogP contribution is -2.48. The number of ether oxygens (including phenoxy) is 1. The summed E-state index contributed by atoms with van der Waals surface area (Å²) in [6, 6.07) is 9.14. The molecule has 1 fully saturated rings. The molecular weight excluding hydrogens is 444 g/mol. The number of nitrogens with one attached hydrogen (secondary N) is 1. The second kappa shape index (κ2) is 10.1. The maximum atomic E-state index is 13.2. The summed E-state index contributed by atoms with van der Waals surface area (Å²) >= 11 is 3.60. The third-order valence-electron chi connectivity index (χ3n) is 5.01. The predicted molar refractivity (Wildman–Crippen MR) is 111 cm³/mol. The number of piperazine rings is 1. The minimum Gasteiger partial charge on any atom is -0.497 e. The Hall–Kier alpha value is -2.03. The van der Waals surface area contributed by atoms with Crippen LogP contribution in [-0.4, -0.2) is 62.1 Å². The highest BCUT2D eigenvalue weighted by atomic mass is 79.9. The van der Waals surface area contributed by atoms with Gasteiger partial charge in [0.15, 0.2) is 11.6 Å². The van der Waals surface area contributed by atoms with Gasteiger partial charge in [-0.15, -0.1) is 0 Å². The van der Waals surface area contributed by atoms with Crippen molar-refractivity contribution >= 4 is 21.8 Å². The number of halogens is 3. The fourth-order valence-electron chi connectivity index (χ4n) is 3.28. The molecule has 1 aliphatic rings. The Morgan fingerprint density at radius 2 is 1.79 bits per heavy atom. The molecule has 0 bridgehead atoms. The molecule has 0 unspecified atom stereocenters. The van der Waals surface area contributed by atoms with E-state index in [9.17, 15) is 13.6 Å². The standard InChI is InChI=1S/C21H24BrF2N3O2/c1-29-17-3-4-18(22)16(12-17)14-27-10-8-26(9-11-27)7-6-25-21(28)15-2-5-19(23)20(24)13-15/h2-5,12-13H,6-11,14H2,1H3,(H,25,28). The van der Waals surface area contributed by atoms with Gasteiger partial charge in [-0.25, -0.2) is 8.78 Å². The monoisotopic (exact) mass is 467 g/mol. The van der Waals surface area contributed by atoms with Crippen LogP contribution in [0.15, 0.2) is 40.9 Å². The van der Waals surface area contributed by atoms with Crippen molar-refractivity contribution in [3.8, 4) is 5.75 Å². The number of carbonyl (C=O) groups excluding carboxylic acids is 1. The fourth-order valence-corrected chi connectivity index (χ4v) is 3.65. The molecule has 2 aromatic carbocycles. The molecule has 156 valence electrons. The summed E-state index contributed by atoms with van der Waals surface area (Å²) in [5, 5.41) is 2.76. The van der Waals surface area contributed by atoms with Crippen LogP contribution >= 0.6 is 15.9 Å². The molecule has 0 aliphatic carbocycles. The lowest BCUT2D eigenvalue weighted by atomic mass is 10.2. The van der Waals surface area contributed by atoms with E-state index in [0.29, 0.717) is 13.1 Å². The molecule has 0 aromatic heterocycles. The molecule has 1 saturated heterocycles. The zero-order chi connectivity index (χ0) is 20.8. The Labute approximate surface area is 177 Å². The number of methoxy groups -OCH3 is 1. The van der Waals surface area contributed by atoms with Gasteiger partial charge in [-0.05, 0) is 42.0 Å². The van der Waals surface area contributed by atoms with Crippen molar-refractivity contribution < 1.29 is 18.3 Å². The molecule has 3 rings (SSSR count). The SMILES string of the molecule is COc1ccc(Br)c(CN2CCN(CCNC(=O)c3ccc(F)c(F)c3)CC2)c1. The Kier molecular flexibility index (Phi) is 7.57. The first-order chi connectivity index (χ1) is 14.0. The molecule has 29 heavy (non-hydrogen) atoms. The van der Waals surface area contributed by atoms with Gasteiger partial charge in [0.2, 0.25) is 0 Å². The van der Waals surface area contributed by atoms with Crippen molar-refractivity contribution in [2.24, 2.45) is 0 Å². The molecule has 1 N–H and O–H groups in total. The molecule has 1 heterocycles. The number of rotatable bonds is 7. The Balaban J connectivity index is 1.41. The van der Waals surface area contributed by atoms with Crippen LogP contribution in [-0.2, 0) is 6.54 Å². The zero-order valence-electron chi connectivity index (χ0n) is 16.3. The molecule has 2 aromatic rings. The van der Waals surface area contributed by atoms with E-state index < -0.39 is 17.5 Å². The van der Waals surface area contributed by atoms with Crippen molar-refractivity contribution in [1.29, 1.82) is 0 Å². The van der Waals surface area contributed by atoms with Gasteiger partial charge in [0.05, 0.1) is 7.11 Å². The van der Waals surface area contributed by atoms with E-state index in [-0.39, 0.29) is 5.56 Å². The van der Waals surface area contributed by atoms with Gasteiger partial charge >= 0.3 is 0 Å². The summed E-state index contributed by atoms with van der Waals surface area (Å²) in [5.74, 6) is -1.53. The normalized spacial score (nSPS) is 15.3. The number of amides is 1. The maximum Gasteiger partial charge on any atom is 0.251 e. The summed E-state index contributed by atoms with van der Waals surface area (Å²) in [7, 11) is 1.66. The van der Waals surface area contributed by atoms with Crippen LogP contribution in [0.2, 0.25) is 0 Å². The van der Waals surface area contributed by atoms with Crippen LogP contribution in [0, 0.1) is 11.6 Å². The Morgan fingerprint density at radius 1 is 1.07 bits per heavy atom. The van der Waals surface area contributed by atoms with Crippen molar-refractivity contribution in [2.45, 2.75) is 6.54 Å². The van der Waals surface area contributed by atoms with Crippen molar-refractivity contribution in [3.63, 3.8) is 0 Å². The number of nitrogens with zero attached hydrogens (tertiary/aromatic N) is 2. The van der Waals surface area contributed by atoms with Crippen LogP contribution in [0.1, 0.15) is 15.9 Å².